The van der Waals surface area contributed by atoms with Gasteiger partial charge in [0.2, 0.25) is 0 Å². The first kappa shape index (κ1) is 31.9. The molecule has 2 N–H and O–H groups in total. The van der Waals surface area contributed by atoms with Crippen LogP contribution in [0.15, 0.2) is 91.0 Å². The van der Waals surface area contributed by atoms with Crippen molar-refractivity contribution >= 4 is 44.1 Å². The molecule has 0 aliphatic carbocycles. The molecule has 0 spiro atoms. The lowest BCUT2D eigenvalue weighted by atomic mass is 10.1. The van der Waals surface area contributed by atoms with E-state index in [0.717, 1.165) is 71.6 Å². The number of hydrogen-bond donors (Lipinski definition) is 2. The van der Waals surface area contributed by atoms with Crippen LogP contribution in [-0.2, 0) is 0 Å². The van der Waals surface area contributed by atoms with E-state index in [9.17, 15) is 0 Å². The Labute approximate surface area is 300 Å². The molecule has 11 heteroatoms. The second-order valence-corrected chi connectivity index (χ2v) is 15.6. The zero-order valence-corrected chi connectivity index (χ0v) is 30.1. The average Bonchev–Trinajstić information content (AvgIpc) is 3.83. The number of hydrogen-bond acceptors (Lipinski definition) is 7. The van der Waals surface area contributed by atoms with E-state index in [1.165, 1.54) is 0 Å². The van der Waals surface area contributed by atoms with E-state index in [1.807, 2.05) is 72.8 Å². The SMILES string of the molecule is C[N+](C)(C)CC(C[N+](C)(C)C)Oc1cccc2c3nc4nc(nc5nc(nc6[nH]c(nc([nH]3)c12)c1ccccc61)-c1ccccc1-5)-c1ccccc1-4. The summed E-state index contributed by atoms with van der Waals surface area (Å²) in [6, 6.07) is 30.3. The van der Waals surface area contributed by atoms with Crippen molar-refractivity contribution in [3.63, 3.8) is 0 Å². The fraction of sp³-hybridized carbons (Fsp3) is 0.220. The number of nitrogens with one attached hydrogen (secondary N) is 2. The Kier molecular flexibility index (Phi) is 7.21. The van der Waals surface area contributed by atoms with Crippen LogP contribution in [0.4, 0.5) is 0 Å². The van der Waals surface area contributed by atoms with Gasteiger partial charge in [-0.3, -0.25) is 0 Å². The average molecular weight is 689 g/mol. The van der Waals surface area contributed by atoms with Gasteiger partial charge in [0.1, 0.15) is 41.4 Å². The molecule has 8 bridgehead atoms. The molecule has 0 atom stereocenters. The maximum atomic E-state index is 6.99. The Morgan fingerprint density at radius 3 is 1.37 bits per heavy atom. The van der Waals surface area contributed by atoms with Gasteiger partial charge in [-0.15, -0.1) is 0 Å². The number of fused-ring (bicyclic) bond motifs is 20. The van der Waals surface area contributed by atoms with Crippen LogP contribution >= 0.6 is 0 Å². The summed E-state index contributed by atoms with van der Waals surface area (Å²) in [7, 11) is 13.2. The molecule has 3 aromatic heterocycles. The van der Waals surface area contributed by atoms with Gasteiger partial charge in [-0.05, 0) is 6.07 Å². The van der Waals surface area contributed by atoms with Crippen LogP contribution in [0.1, 0.15) is 0 Å². The molecule has 11 nitrogen and oxygen atoms in total. The number of nitrogens with zero attached hydrogens (tertiary/aromatic N) is 8. The van der Waals surface area contributed by atoms with E-state index in [2.05, 4.69) is 70.5 Å². The van der Waals surface area contributed by atoms with Crippen molar-refractivity contribution < 1.29 is 13.7 Å². The zero-order chi connectivity index (χ0) is 35.8. The minimum absolute atomic E-state index is 0.0616. The van der Waals surface area contributed by atoms with Crippen molar-refractivity contribution in [2.24, 2.45) is 0 Å². The van der Waals surface area contributed by atoms with Gasteiger partial charge in [-0.25, -0.2) is 29.9 Å². The maximum Gasteiger partial charge on any atom is 0.196 e. The lowest BCUT2D eigenvalue weighted by Crippen LogP contribution is -2.51. The lowest BCUT2D eigenvalue weighted by Gasteiger charge is -2.33. The highest BCUT2D eigenvalue weighted by Crippen LogP contribution is 2.38. The van der Waals surface area contributed by atoms with Crippen LogP contribution < -0.4 is 4.74 Å². The number of benzene rings is 4. The molecule has 5 heterocycles. The third-order valence-corrected chi connectivity index (χ3v) is 9.34. The molecule has 0 unspecified atom stereocenters. The van der Waals surface area contributed by atoms with E-state index in [0.29, 0.717) is 45.9 Å². The maximum absolute atomic E-state index is 6.99. The summed E-state index contributed by atoms with van der Waals surface area (Å²) >= 11 is 0. The number of rotatable bonds is 6. The molecule has 7 aromatic rings. The van der Waals surface area contributed by atoms with Crippen molar-refractivity contribution in [3.05, 3.63) is 91.0 Å². The van der Waals surface area contributed by atoms with Crippen LogP contribution in [0.5, 0.6) is 5.75 Å². The molecular formula is C41H40N10O+2. The molecule has 9 rings (SSSR count). The van der Waals surface area contributed by atoms with E-state index >= 15 is 0 Å². The monoisotopic (exact) mass is 688 g/mol. The Hall–Kier alpha value is -6.04. The zero-order valence-electron chi connectivity index (χ0n) is 30.1. The summed E-state index contributed by atoms with van der Waals surface area (Å²) in [5.74, 6) is 2.99. The van der Waals surface area contributed by atoms with Crippen LogP contribution in [0.3, 0.4) is 0 Å². The second-order valence-electron chi connectivity index (χ2n) is 15.6. The molecule has 258 valence electrons. The van der Waals surface area contributed by atoms with Gasteiger partial charge in [0.15, 0.2) is 29.4 Å². The predicted octanol–water partition coefficient (Wildman–Crippen LogP) is 7.03. The smallest absolute Gasteiger partial charge is 0.196 e. The summed E-state index contributed by atoms with van der Waals surface area (Å²) in [5, 5.41) is 3.61. The van der Waals surface area contributed by atoms with E-state index < -0.39 is 0 Å². The third kappa shape index (κ3) is 5.73. The first-order chi connectivity index (χ1) is 25.0. The molecule has 0 saturated heterocycles. The number of aromatic amines is 2. The Morgan fingerprint density at radius 2 is 0.865 bits per heavy atom. The molecule has 4 aromatic carbocycles. The van der Waals surface area contributed by atoms with Gasteiger partial charge in [0.25, 0.3) is 0 Å². The number of H-pyrrole nitrogens is 2. The van der Waals surface area contributed by atoms with Crippen LogP contribution in [0.25, 0.3) is 89.7 Å². The Bertz CT molecular complexity index is 2700. The van der Waals surface area contributed by atoms with E-state index in [-0.39, 0.29) is 6.10 Å². The topological polar surface area (TPSA) is 118 Å². The molecule has 2 aliphatic heterocycles. The largest absolute Gasteiger partial charge is 0.478 e. The lowest BCUT2D eigenvalue weighted by molar-refractivity contribution is -0.894. The minimum Gasteiger partial charge on any atom is -0.478 e. The quantitative estimate of drug-likeness (QED) is 0.180. The van der Waals surface area contributed by atoms with Crippen LogP contribution in [0.2, 0.25) is 0 Å². The minimum atomic E-state index is -0.0616. The Morgan fingerprint density at radius 1 is 0.462 bits per heavy atom. The standard InChI is InChI=1S/C41H40N10O/c1-50(2,3)22-24(23-51(4,5)6)52-32-21-13-20-31-33(32)41-48-39-30-19-12-11-18-29(30)37(46-39)44-35-26-15-8-7-14-25(26)34(42-35)43-36-27-16-9-10-17-28(27)38(45-36)47-40(31)49-41/h7-21,24H,22-23H2,1-6H3,(H2,42,43,44,45,46,47,48,49)/q+2. The highest BCUT2D eigenvalue weighted by Gasteiger charge is 2.28. The number of likely N-dealkylation sites (N-methyl/N-ethyl adjacent to an activating group) is 2. The van der Waals surface area contributed by atoms with Crippen LogP contribution in [0, 0.1) is 0 Å². The highest BCUT2D eigenvalue weighted by atomic mass is 16.5. The number of quaternary nitrogens is 2. The molecule has 0 fully saturated rings. The number of aromatic nitrogens is 8. The van der Waals surface area contributed by atoms with Gasteiger partial charge < -0.3 is 23.7 Å². The van der Waals surface area contributed by atoms with Crippen molar-refractivity contribution in [2.75, 3.05) is 55.4 Å². The van der Waals surface area contributed by atoms with Crippen LogP contribution in [-0.4, -0.2) is 110 Å². The van der Waals surface area contributed by atoms with Crippen molar-refractivity contribution in [1.82, 2.24) is 39.9 Å². The molecule has 52 heavy (non-hydrogen) atoms. The predicted molar refractivity (Wildman–Crippen MR) is 206 cm³/mol. The molecular weight excluding hydrogens is 649 g/mol. The molecule has 0 saturated carbocycles. The van der Waals surface area contributed by atoms with Gasteiger partial charge in [-0.2, -0.15) is 0 Å². The first-order valence-electron chi connectivity index (χ1n) is 17.5. The van der Waals surface area contributed by atoms with Gasteiger partial charge >= 0.3 is 0 Å². The fourth-order valence-corrected chi connectivity index (χ4v) is 7.29. The van der Waals surface area contributed by atoms with E-state index in [1.54, 1.807) is 0 Å². The Balaban J connectivity index is 1.39. The molecule has 0 amide bonds. The van der Waals surface area contributed by atoms with E-state index in [4.69, 9.17) is 34.6 Å². The first-order valence-corrected chi connectivity index (χ1v) is 17.5. The summed E-state index contributed by atoms with van der Waals surface area (Å²) in [6.07, 6.45) is -0.0616. The third-order valence-electron chi connectivity index (χ3n) is 9.34. The second kappa shape index (κ2) is 11.8. The van der Waals surface area contributed by atoms with Crippen molar-refractivity contribution in [2.45, 2.75) is 6.10 Å². The summed E-state index contributed by atoms with van der Waals surface area (Å²) in [5.41, 5.74) is 6.19. The number of ether oxygens (including phenoxy) is 1. The molecule has 0 radical (unpaired) electrons. The van der Waals surface area contributed by atoms with Gasteiger partial charge in [-0.1, -0.05) is 84.9 Å². The highest BCUT2D eigenvalue weighted by molar-refractivity contribution is 6.10. The normalized spacial score (nSPS) is 12.8. The van der Waals surface area contributed by atoms with Gasteiger partial charge in [0, 0.05) is 38.4 Å². The van der Waals surface area contributed by atoms with Gasteiger partial charge in [0.05, 0.1) is 47.7 Å². The van der Waals surface area contributed by atoms with Crippen molar-refractivity contribution in [1.29, 1.82) is 0 Å². The van der Waals surface area contributed by atoms with Crippen molar-refractivity contribution in [3.8, 4) is 51.3 Å². The fourth-order valence-electron chi connectivity index (χ4n) is 7.29. The summed E-state index contributed by atoms with van der Waals surface area (Å²) in [4.78, 5) is 37.7. The summed E-state index contributed by atoms with van der Waals surface area (Å²) < 4.78 is 8.53. The summed E-state index contributed by atoms with van der Waals surface area (Å²) in [6.45, 7) is 1.65. The molecule has 2 aliphatic rings.